The summed E-state index contributed by atoms with van der Waals surface area (Å²) in [7, 11) is 0. The average molecular weight is 399 g/mol. The van der Waals surface area contributed by atoms with Crippen LogP contribution in [0.5, 0.6) is 5.75 Å². The Labute approximate surface area is 165 Å². The highest BCUT2D eigenvalue weighted by Gasteiger charge is 2.12. The van der Waals surface area contributed by atoms with Gasteiger partial charge in [0, 0.05) is 5.69 Å². The minimum Gasteiger partial charge on any atom is -0.484 e. The summed E-state index contributed by atoms with van der Waals surface area (Å²) >= 11 is 5.09. The maximum atomic E-state index is 12.2. The zero-order valence-corrected chi connectivity index (χ0v) is 15.7. The second-order valence-electron chi connectivity index (χ2n) is 5.91. The van der Waals surface area contributed by atoms with Gasteiger partial charge < -0.3 is 19.6 Å². The zero-order chi connectivity index (χ0) is 20.1. The number of carbonyl (C=O) groups is 2. The quantitative estimate of drug-likeness (QED) is 0.586. The molecule has 1 amide bonds. The van der Waals surface area contributed by atoms with E-state index in [1.807, 2.05) is 31.2 Å². The minimum atomic E-state index is -1.08. The molecule has 0 saturated heterocycles. The number of aromatic carboxylic acids is 1. The molecule has 2 N–H and O–H groups in total. The normalized spacial score (nSPS) is 10.5. The second kappa shape index (κ2) is 8.49. The van der Waals surface area contributed by atoms with Crippen molar-refractivity contribution in [1.29, 1.82) is 0 Å². The molecular formula is C19H17N3O5S. The number of rotatable bonds is 7. The Balaban J connectivity index is 1.62. The van der Waals surface area contributed by atoms with Crippen LogP contribution in [0.4, 0.5) is 5.69 Å². The summed E-state index contributed by atoms with van der Waals surface area (Å²) in [6.45, 7) is 1.82. The molecule has 3 aromatic rings. The van der Waals surface area contributed by atoms with Crippen molar-refractivity contribution in [3.63, 3.8) is 0 Å². The van der Waals surface area contributed by atoms with E-state index in [1.54, 1.807) is 12.1 Å². The maximum absolute atomic E-state index is 12.2. The lowest BCUT2D eigenvalue weighted by Crippen LogP contribution is -2.20. The Bertz CT molecular complexity index is 1070. The molecule has 1 aromatic heterocycles. The Kier molecular flexibility index (Phi) is 5.85. The van der Waals surface area contributed by atoms with Crippen molar-refractivity contribution < 1.29 is 23.8 Å². The fourth-order valence-electron chi connectivity index (χ4n) is 2.43. The van der Waals surface area contributed by atoms with Crippen LogP contribution >= 0.6 is 12.2 Å². The molecule has 0 bridgehead atoms. The highest BCUT2D eigenvalue weighted by Crippen LogP contribution is 2.17. The van der Waals surface area contributed by atoms with Crippen molar-refractivity contribution in [3.8, 4) is 5.75 Å². The maximum Gasteiger partial charge on any atom is 0.335 e. The lowest BCUT2D eigenvalue weighted by atomic mass is 10.2. The summed E-state index contributed by atoms with van der Waals surface area (Å²) in [5, 5.41) is 15.8. The summed E-state index contributed by atoms with van der Waals surface area (Å²) in [6, 6.07) is 13.5. The number of nitrogens with one attached hydrogen (secondary N) is 1. The van der Waals surface area contributed by atoms with Crippen molar-refractivity contribution in [2.75, 3.05) is 5.32 Å². The SMILES string of the molecule is Cc1ccccc1OCc1nn(CC(=O)Nc2cccc(C(=O)O)c2)c(=S)o1. The number of carboxylic acids is 1. The summed E-state index contributed by atoms with van der Waals surface area (Å²) in [4.78, 5) is 23.2. The first-order chi connectivity index (χ1) is 13.4. The number of nitrogens with zero attached hydrogens (tertiary/aromatic N) is 2. The van der Waals surface area contributed by atoms with Crippen molar-refractivity contribution in [1.82, 2.24) is 9.78 Å². The van der Waals surface area contributed by atoms with E-state index in [0.29, 0.717) is 11.4 Å². The van der Waals surface area contributed by atoms with E-state index < -0.39 is 11.9 Å². The van der Waals surface area contributed by atoms with Crippen LogP contribution < -0.4 is 10.1 Å². The van der Waals surface area contributed by atoms with Crippen molar-refractivity contribution in [2.45, 2.75) is 20.1 Å². The number of aromatic nitrogens is 2. The van der Waals surface area contributed by atoms with E-state index in [1.165, 1.54) is 16.8 Å². The molecule has 0 aliphatic carbocycles. The number of anilines is 1. The Morgan fingerprint density at radius 2 is 2.04 bits per heavy atom. The first-order valence-corrected chi connectivity index (χ1v) is 8.71. The summed E-state index contributed by atoms with van der Waals surface area (Å²) in [5.41, 5.74) is 1.41. The van der Waals surface area contributed by atoms with Gasteiger partial charge >= 0.3 is 5.97 Å². The van der Waals surface area contributed by atoms with Gasteiger partial charge in [-0.05, 0) is 49.0 Å². The molecule has 0 aliphatic rings. The fourth-order valence-corrected chi connectivity index (χ4v) is 2.63. The van der Waals surface area contributed by atoms with E-state index in [4.69, 9.17) is 26.5 Å². The Hall–Kier alpha value is -3.46. The van der Waals surface area contributed by atoms with Crippen LogP contribution in [-0.4, -0.2) is 26.8 Å². The topological polar surface area (TPSA) is 107 Å². The Morgan fingerprint density at radius 3 is 2.79 bits per heavy atom. The molecule has 0 atom stereocenters. The van der Waals surface area contributed by atoms with E-state index in [9.17, 15) is 9.59 Å². The Morgan fingerprint density at radius 1 is 1.25 bits per heavy atom. The third kappa shape index (κ3) is 4.83. The monoisotopic (exact) mass is 399 g/mol. The van der Waals surface area contributed by atoms with Crippen LogP contribution in [0.15, 0.2) is 52.9 Å². The molecule has 3 rings (SSSR count). The third-order valence-electron chi connectivity index (χ3n) is 3.78. The van der Waals surface area contributed by atoms with E-state index in [2.05, 4.69) is 10.4 Å². The average Bonchev–Trinajstić information content (AvgIpc) is 3.00. The number of hydrogen-bond donors (Lipinski definition) is 2. The zero-order valence-electron chi connectivity index (χ0n) is 14.9. The highest BCUT2D eigenvalue weighted by atomic mass is 32.1. The lowest BCUT2D eigenvalue weighted by Gasteiger charge is -2.06. The number of aryl methyl sites for hydroxylation is 1. The van der Waals surface area contributed by atoms with Gasteiger partial charge in [0.25, 0.3) is 10.7 Å². The summed E-state index contributed by atoms with van der Waals surface area (Å²) < 4.78 is 12.3. The van der Waals surface area contributed by atoms with Gasteiger partial charge in [-0.2, -0.15) is 0 Å². The predicted molar refractivity (Wildman–Crippen MR) is 103 cm³/mol. The predicted octanol–water partition coefficient (Wildman–Crippen LogP) is 3.43. The van der Waals surface area contributed by atoms with Crippen LogP contribution in [0.1, 0.15) is 21.8 Å². The summed E-state index contributed by atoms with van der Waals surface area (Å²) in [5.74, 6) is -0.547. The molecule has 28 heavy (non-hydrogen) atoms. The van der Waals surface area contributed by atoms with Gasteiger partial charge in [-0.1, -0.05) is 24.3 Å². The van der Waals surface area contributed by atoms with Gasteiger partial charge in [-0.15, -0.1) is 5.10 Å². The van der Waals surface area contributed by atoms with Crippen LogP contribution in [-0.2, 0) is 17.9 Å². The van der Waals surface area contributed by atoms with Crippen LogP contribution in [0.2, 0.25) is 0 Å². The van der Waals surface area contributed by atoms with Crippen molar-refractivity contribution >= 4 is 29.8 Å². The number of carbonyl (C=O) groups excluding carboxylic acids is 1. The molecule has 0 saturated carbocycles. The molecule has 8 nitrogen and oxygen atoms in total. The molecule has 0 fully saturated rings. The van der Waals surface area contributed by atoms with Crippen LogP contribution in [0, 0.1) is 11.8 Å². The van der Waals surface area contributed by atoms with Crippen molar-refractivity contribution in [3.05, 3.63) is 70.4 Å². The minimum absolute atomic E-state index is 0.0396. The van der Waals surface area contributed by atoms with E-state index in [0.717, 1.165) is 5.56 Å². The van der Waals surface area contributed by atoms with Gasteiger partial charge in [0.05, 0.1) is 5.56 Å². The molecule has 0 spiro atoms. The smallest absolute Gasteiger partial charge is 0.335 e. The third-order valence-corrected chi connectivity index (χ3v) is 4.07. The van der Waals surface area contributed by atoms with Gasteiger partial charge in [0.2, 0.25) is 5.91 Å². The van der Waals surface area contributed by atoms with E-state index >= 15 is 0 Å². The standard InChI is InChI=1S/C19H17N3O5S/c1-12-5-2-3-8-15(12)26-11-17-21-22(19(28)27-17)10-16(23)20-14-7-4-6-13(9-14)18(24)25/h2-9H,10-11H2,1H3,(H,20,23)(H,24,25). The van der Waals surface area contributed by atoms with Gasteiger partial charge in [-0.3, -0.25) is 4.79 Å². The van der Waals surface area contributed by atoms with Crippen molar-refractivity contribution in [2.24, 2.45) is 0 Å². The molecule has 9 heteroatoms. The molecule has 2 aromatic carbocycles. The van der Waals surface area contributed by atoms with Gasteiger partial charge in [-0.25, -0.2) is 9.48 Å². The molecule has 0 unspecified atom stereocenters. The van der Waals surface area contributed by atoms with Gasteiger partial charge in [0.1, 0.15) is 12.3 Å². The number of ether oxygens (including phenoxy) is 1. The van der Waals surface area contributed by atoms with Crippen LogP contribution in [0.3, 0.4) is 0 Å². The molecule has 0 aliphatic heterocycles. The number of para-hydroxylation sites is 1. The summed E-state index contributed by atoms with van der Waals surface area (Å²) in [6.07, 6.45) is 0. The molecule has 0 radical (unpaired) electrons. The number of hydrogen-bond acceptors (Lipinski definition) is 6. The van der Waals surface area contributed by atoms with Gasteiger partial charge in [0.15, 0.2) is 6.61 Å². The first kappa shape index (κ1) is 19.3. The number of carboxylic acid groups (broad SMARTS) is 1. The molecule has 144 valence electrons. The second-order valence-corrected chi connectivity index (χ2v) is 6.26. The largest absolute Gasteiger partial charge is 0.484 e. The molecular weight excluding hydrogens is 382 g/mol. The lowest BCUT2D eigenvalue weighted by molar-refractivity contribution is -0.117. The number of amides is 1. The molecule has 1 heterocycles. The van der Waals surface area contributed by atoms with E-state index in [-0.39, 0.29) is 29.4 Å². The number of benzene rings is 2. The first-order valence-electron chi connectivity index (χ1n) is 8.31. The highest BCUT2D eigenvalue weighted by molar-refractivity contribution is 7.71. The fraction of sp³-hybridized carbons (Fsp3) is 0.158. The van der Waals surface area contributed by atoms with Crippen LogP contribution in [0.25, 0.3) is 0 Å².